The normalized spacial score (nSPS) is 11.3. The minimum absolute atomic E-state index is 0.106. The van der Waals surface area contributed by atoms with Gasteiger partial charge in [0.2, 0.25) is 0 Å². The third kappa shape index (κ3) is 3.99. The molecule has 0 atom stereocenters. The molecule has 0 fully saturated rings. The van der Waals surface area contributed by atoms with E-state index in [1.807, 2.05) is 0 Å². The first-order valence-electron chi connectivity index (χ1n) is 8.49. The van der Waals surface area contributed by atoms with E-state index >= 15 is 0 Å². The molecule has 0 N–H and O–H groups in total. The fraction of sp³-hybridized carbons (Fsp3) is 0.143. The molecule has 0 amide bonds. The summed E-state index contributed by atoms with van der Waals surface area (Å²) in [7, 11) is -2.78. The SMILES string of the molecule is COc1cccc(CN(c2ccc(C)c(F)c2)S(=O)(=O)c2ccccc2F)c1. The Bertz CT molecular complexity index is 1100. The summed E-state index contributed by atoms with van der Waals surface area (Å²) in [6.07, 6.45) is 0. The number of sulfonamides is 1. The van der Waals surface area contributed by atoms with E-state index in [4.69, 9.17) is 4.74 Å². The first kappa shape index (κ1) is 19.8. The molecule has 0 aromatic heterocycles. The van der Waals surface area contributed by atoms with E-state index in [-0.39, 0.29) is 12.2 Å². The van der Waals surface area contributed by atoms with E-state index in [9.17, 15) is 17.2 Å². The third-order valence-electron chi connectivity index (χ3n) is 4.31. The molecule has 0 saturated carbocycles. The second-order valence-corrected chi connectivity index (χ2v) is 8.06. The van der Waals surface area contributed by atoms with Gasteiger partial charge in [-0.25, -0.2) is 17.2 Å². The van der Waals surface area contributed by atoms with Gasteiger partial charge < -0.3 is 4.74 Å². The lowest BCUT2D eigenvalue weighted by molar-refractivity contribution is 0.414. The quantitative estimate of drug-likeness (QED) is 0.601. The van der Waals surface area contributed by atoms with Gasteiger partial charge in [0.25, 0.3) is 10.0 Å². The number of anilines is 1. The summed E-state index contributed by atoms with van der Waals surface area (Å²) >= 11 is 0. The Labute approximate surface area is 163 Å². The summed E-state index contributed by atoms with van der Waals surface area (Å²) in [5, 5.41) is 0. The standard InChI is InChI=1S/C21H19F2NO3S/c1-15-10-11-17(13-20(15)23)24(14-16-6-5-7-18(12-16)27-2)28(25,26)21-9-4-3-8-19(21)22/h3-13H,14H2,1-2H3. The van der Waals surface area contributed by atoms with Crippen molar-refractivity contribution < 1.29 is 21.9 Å². The predicted molar refractivity (Wildman–Crippen MR) is 104 cm³/mol. The summed E-state index contributed by atoms with van der Waals surface area (Å²) in [6.45, 7) is 1.47. The Hall–Kier alpha value is -2.93. The molecule has 3 rings (SSSR count). The molecule has 0 spiro atoms. The molecule has 0 bridgehead atoms. The predicted octanol–water partition coefficient (Wildman–Crippen LogP) is 4.68. The van der Waals surface area contributed by atoms with Gasteiger partial charge in [-0.05, 0) is 54.4 Å². The minimum atomic E-state index is -4.28. The van der Waals surface area contributed by atoms with Gasteiger partial charge in [-0.3, -0.25) is 4.31 Å². The summed E-state index contributed by atoms with van der Waals surface area (Å²) in [4.78, 5) is -0.473. The average molecular weight is 403 g/mol. The first-order valence-corrected chi connectivity index (χ1v) is 9.93. The van der Waals surface area contributed by atoms with Crippen molar-refractivity contribution >= 4 is 15.7 Å². The molecule has 0 unspecified atom stereocenters. The van der Waals surface area contributed by atoms with E-state index in [2.05, 4.69) is 0 Å². The van der Waals surface area contributed by atoms with E-state index in [0.717, 1.165) is 16.4 Å². The van der Waals surface area contributed by atoms with E-state index < -0.39 is 26.6 Å². The number of ether oxygens (including phenoxy) is 1. The molecule has 146 valence electrons. The van der Waals surface area contributed by atoms with Gasteiger partial charge in [0, 0.05) is 0 Å². The Morgan fingerprint density at radius 3 is 2.36 bits per heavy atom. The van der Waals surface area contributed by atoms with Gasteiger partial charge >= 0.3 is 0 Å². The van der Waals surface area contributed by atoms with Crippen LogP contribution in [0.1, 0.15) is 11.1 Å². The molecule has 0 aliphatic heterocycles. The zero-order valence-electron chi connectivity index (χ0n) is 15.4. The van der Waals surface area contributed by atoms with Crippen molar-refractivity contribution in [1.82, 2.24) is 0 Å². The number of nitrogens with zero attached hydrogens (tertiary/aromatic N) is 1. The maximum absolute atomic E-state index is 14.3. The van der Waals surface area contributed by atoms with Crippen LogP contribution >= 0.6 is 0 Å². The van der Waals surface area contributed by atoms with Gasteiger partial charge in [0.1, 0.15) is 22.3 Å². The number of benzene rings is 3. The van der Waals surface area contributed by atoms with Gasteiger partial charge in [-0.2, -0.15) is 0 Å². The number of aryl methyl sites for hydroxylation is 1. The van der Waals surface area contributed by atoms with Crippen LogP contribution < -0.4 is 9.04 Å². The van der Waals surface area contributed by atoms with Crippen LogP contribution in [0, 0.1) is 18.6 Å². The van der Waals surface area contributed by atoms with Crippen molar-refractivity contribution in [3.8, 4) is 5.75 Å². The number of halogens is 2. The van der Waals surface area contributed by atoms with Crippen LogP contribution in [-0.2, 0) is 16.6 Å². The van der Waals surface area contributed by atoms with Crippen LogP contribution in [0.15, 0.2) is 71.6 Å². The van der Waals surface area contributed by atoms with Crippen LogP contribution in [0.25, 0.3) is 0 Å². The monoisotopic (exact) mass is 403 g/mol. The van der Waals surface area contributed by atoms with Gasteiger partial charge in [-0.15, -0.1) is 0 Å². The van der Waals surface area contributed by atoms with Gasteiger partial charge in [0.15, 0.2) is 0 Å². The van der Waals surface area contributed by atoms with Crippen LogP contribution in [0.2, 0.25) is 0 Å². The zero-order valence-corrected chi connectivity index (χ0v) is 16.2. The second-order valence-electron chi connectivity index (χ2n) is 6.23. The van der Waals surface area contributed by atoms with Crippen molar-refractivity contribution in [2.45, 2.75) is 18.4 Å². The molecule has 0 aliphatic rings. The smallest absolute Gasteiger partial charge is 0.267 e. The minimum Gasteiger partial charge on any atom is -0.497 e. The second kappa shape index (κ2) is 7.98. The molecule has 4 nitrogen and oxygen atoms in total. The highest BCUT2D eigenvalue weighted by Crippen LogP contribution is 2.29. The molecule has 0 radical (unpaired) electrons. The van der Waals surface area contributed by atoms with Crippen LogP contribution in [-0.4, -0.2) is 15.5 Å². The third-order valence-corrected chi connectivity index (χ3v) is 6.12. The summed E-state index contributed by atoms with van der Waals surface area (Å²) in [5.41, 5.74) is 1.10. The van der Waals surface area contributed by atoms with E-state index in [1.165, 1.54) is 37.4 Å². The maximum Gasteiger partial charge on any atom is 0.267 e. The number of hydrogen-bond donors (Lipinski definition) is 0. The van der Waals surface area contributed by atoms with Crippen LogP contribution in [0.3, 0.4) is 0 Å². The van der Waals surface area contributed by atoms with Crippen molar-refractivity contribution in [1.29, 1.82) is 0 Å². The molecule has 7 heteroatoms. The van der Waals surface area contributed by atoms with E-state index in [0.29, 0.717) is 16.9 Å². The first-order chi connectivity index (χ1) is 13.3. The summed E-state index contributed by atoms with van der Waals surface area (Å²) in [6, 6.07) is 16.1. The molecular formula is C21H19F2NO3S. The summed E-state index contributed by atoms with van der Waals surface area (Å²) < 4.78 is 61.1. The molecule has 0 aliphatic carbocycles. The number of rotatable bonds is 6. The van der Waals surface area contributed by atoms with E-state index in [1.54, 1.807) is 31.2 Å². The Morgan fingerprint density at radius 1 is 0.929 bits per heavy atom. The highest BCUT2D eigenvalue weighted by Gasteiger charge is 2.28. The maximum atomic E-state index is 14.3. The molecule has 3 aromatic rings. The lowest BCUT2D eigenvalue weighted by atomic mass is 10.2. The van der Waals surface area contributed by atoms with Crippen molar-refractivity contribution in [3.05, 3.63) is 89.5 Å². The highest BCUT2D eigenvalue weighted by atomic mass is 32.2. The number of methoxy groups -OCH3 is 1. The summed E-state index contributed by atoms with van der Waals surface area (Å²) in [5.74, 6) is -0.863. The fourth-order valence-electron chi connectivity index (χ4n) is 2.76. The topological polar surface area (TPSA) is 46.6 Å². The molecular weight excluding hydrogens is 384 g/mol. The Morgan fingerprint density at radius 2 is 1.68 bits per heavy atom. The highest BCUT2D eigenvalue weighted by molar-refractivity contribution is 7.92. The lowest BCUT2D eigenvalue weighted by Gasteiger charge is -2.25. The Kier molecular flexibility index (Phi) is 5.65. The zero-order chi connectivity index (χ0) is 20.3. The average Bonchev–Trinajstić information content (AvgIpc) is 2.68. The van der Waals surface area contributed by atoms with Crippen molar-refractivity contribution in [2.75, 3.05) is 11.4 Å². The van der Waals surface area contributed by atoms with Crippen molar-refractivity contribution in [3.63, 3.8) is 0 Å². The fourth-order valence-corrected chi connectivity index (χ4v) is 4.27. The van der Waals surface area contributed by atoms with Gasteiger partial charge in [-0.1, -0.05) is 30.3 Å². The molecule has 3 aromatic carbocycles. The number of hydrogen-bond acceptors (Lipinski definition) is 3. The molecule has 28 heavy (non-hydrogen) atoms. The molecule has 0 saturated heterocycles. The Balaban J connectivity index is 2.13. The lowest BCUT2D eigenvalue weighted by Crippen LogP contribution is -2.31. The van der Waals surface area contributed by atoms with Crippen LogP contribution in [0.4, 0.5) is 14.5 Å². The largest absolute Gasteiger partial charge is 0.497 e. The molecule has 0 heterocycles. The van der Waals surface area contributed by atoms with Crippen molar-refractivity contribution in [2.24, 2.45) is 0 Å². The van der Waals surface area contributed by atoms with Gasteiger partial charge in [0.05, 0.1) is 19.3 Å². The van der Waals surface area contributed by atoms with Crippen LogP contribution in [0.5, 0.6) is 5.75 Å².